The van der Waals surface area contributed by atoms with Crippen LogP contribution >= 0.6 is 11.6 Å². The molecule has 142 valence electrons. The van der Waals surface area contributed by atoms with Crippen LogP contribution in [-0.4, -0.2) is 20.8 Å². The van der Waals surface area contributed by atoms with Crippen molar-refractivity contribution in [3.05, 3.63) is 63.8 Å². The second-order valence-electron chi connectivity index (χ2n) is 6.04. The zero-order valence-electron chi connectivity index (χ0n) is 15.5. The third-order valence-corrected chi connectivity index (χ3v) is 4.66. The number of carbonyl (C=O) groups is 1. The predicted molar refractivity (Wildman–Crippen MR) is 101 cm³/mol. The van der Waals surface area contributed by atoms with E-state index in [9.17, 15) is 4.79 Å². The largest absolute Gasteiger partial charge is 0.487 e. The van der Waals surface area contributed by atoms with Crippen molar-refractivity contribution in [1.29, 1.82) is 0 Å². The Balaban J connectivity index is 1.68. The Bertz CT molecular complexity index is 948. The average molecular weight is 389 g/mol. The molecule has 1 N–H and O–H groups in total. The number of para-hydroxylation sites is 1. The van der Waals surface area contributed by atoms with Crippen molar-refractivity contribution >= 4 is 17.5 Å². The lowest BCUT2D eigenvalue weighted by Crippen LogP contribution is -2.25. The lowest BCUT2D eigenvalue weighted by molar-refractivity contribution is 0.0939. The van der Waals surface area contributed by atoms with Gasteiger partial charge in [0.25, 0.3) is 5.91 Å². The summed E-state index contributed by atoms with van der Waals surface area (Å²) in [5.74, 6) is 0.740. The first-order valence-electron chi connectivity index (χ1n) is 8.63. The second-order valence-corrected chi connectivity index (χ2v) is 6.45. The molecule has 0 saturated heterocycles. The Labute approximate surface area is 162 Å². The summed E-state index contributed by atoms with van der Waals surface area (Å²) in [7, 11) is 0. The third kappa shape index (κ3) is 4.14. The highest BCUT2D eigenvalue weighted by Gasteiger charge is 2.21. The van der Waals surface area contributed by atoms with E-state index in [0.717, 1.165) is 17.8 Å². The van der Waals surface area contributed by atoms with Crippen LogP contribution in [0.25, 0.3) is 0 Å². The number of benzene rings is 1. The molecule has 0 aliphatic heterocycles. The Morgan fingerprint density at radius 3 is 2.81 bits per heavy atom. The highest BCUT2D eigenvalue weighted by Crippen LogP contribution is 2.25. The van der Waals surface area contributed by atoms with Crippen molar-refractivity contribution < 1.29 is 14.1 Å². The highest BCUT2D eigenvalue weighted by molar-refractivity contribution is 6.32. The Hall–Kier alpha value is -2.80. The molecule has 1 aromatic carbocycles. The van der Waals surface area contributed by atoms with E-state index in [4.69, 9.17) is 20.9 Å². The van der Waals surface area contributed by atoms with Gasteiger partial charge >= 0.3 is 0 Å². The number of nitrogens with one attached hydrogen (secondary N) is 1. The Kier molecular flexibility index (Phi) is 5.81. The number of nitrogens with zero attached hydrogens (tertiary/aromatic N) is 3. The van der Waals surface area contributed by atoms with Gasteiger partial charge in [-0.1, -0.05) is 28.9 Å². The summed E-state index contributed by atoms with van der Waals surface area (Å²) >= 11 is 6.10. The van der Waals surface area contributed by atoms with Crippen molar-refractivity contribution in [3.63, 3.8) is 0 Å². The molecule has 2 heterocycles. The topological polar surface area (TPSA) is 82.2 Å². The molecular weight excluding hydrogens is 368 g/mol. The summed E-state index contributed by atoms with van der Waals surface area (Å²) in [5, 5.41) is 11.5. The van der Waals surface area contributed by atoms with Gasteiger partial charge in [0.15, 0.2) is 5.69 Å². The molecule has 7 nitrogen and oxygen atoms in total. The van der Waals surface area contributed by atoms with Crippen LogP contribution in [0.4, 0.5) is 0 Å². The van der Waals surface area contributed by atoms with Gasteiger partial charge in [-0.05, 0) is 32.9 Å². The maximum absolute atomic E-state index is 12.6. The van der Waals surface area contributed by atoms with Crippen molar-refractivity contribution in [3.8, 4) is 5.75 Å². The maximum atomic E-state index is 12.6. The highest BCUT2D eigenvalue weighted by atomic mass is 35.5. The Morgan fingerprint density at radius 2 is 2.11 bits per heavy atom. The molecule has 0 radical (unpaired) electrons. The molecule has 0 atom stereocenters. The molecule has 3 rings (SSSR count). The predicted octanol–water partition coefficient (Wildman–Crippen LogP) is 3.67. The van der Waals surface area contributed by atoms with Crippen LogP contribution in [0.3, 0.4) is 0 Å². The molecule has 0 unspecified atom stereocenters. The van der Waals surface area contributed by atoms with Gasteiger partial charge in [0.1, 0.15) is 18.1 Å². The van der Waals surface area contributed by atoms with E-state index in [1.807, 2.05) is 30.7 Å². The molecule has 27 heavy (non-hydrogen) atoms. The van der Waals surface area contributed by atoms with E-state index in [0.29, 0.717) is 28.6 Å². The van der Waals surface area contributed by atoms with Crippen LogP contribution in [0.5, 0.6) is 5.75 Å². The lowest BCUT2D eigenvalue weighted by atomic mass is 10.2. The van der Waals surface area contributed by atoms with Gasteiger partial charge in [-0.2, -0.15) is 5.10 Å². The fraction of sp³-hybridized carbons (Fsp3) is 0.316. The van der Waals surface area contributed by atoms with Crippen molar-refractivity contribution in [1.82, 2.24) is 20.3 Å². The smallest absolute Gasteiger partial charge is 0.274 e. The van der Waals surface area contributed by atoms with Gasteiger partial charge in [-0.15, -0.1) is 0 Å². The number of hydrogen-bond donors (Lipinski definition) is 1. The van der Waals surface area contributed by atoms with Gasteiger partial charge in [0.2, 0.25) is 0 Å². The monoisotopic (exact) mass is 388 g/mol. The van der Waals surface area contributed by atoms with E-state index < -0.39 is 0 Å². The number of carbonyl (C=O) groups excluding carboxylic acids is 1. The average Bonchev–Trinajstić information content (AvgIpc) is 3.21. The number of ether oxygens (including phenoxy) is 1. The summed E-state index contributed by atoms with van der Waals surface area (Å²) in [6.07, 6.45) is 1.76. The zero-order valence-corrected chi connectivity index (χ0v) is 16.2. The molecular formula is C19H21ClN4O3. The number of hydrogen-bond acceptors (Lipinski definition) is 5. The van der Waals surface area contributed by atoms with E-state index in [1.54, 1.807) is 25.3 Å². The van der Waals surface area contributed by atoms with Crippen LogP contribution in [0.1, 0.15) is 40.0 Å². The normalized spacial score (nSPS) is 10.8. The lowest BCUT2D eigenvalue weighted by Gasteiger charge is -2.08. The van der Waals surface area contributed by atoms with Gasteiger partial charge in [-0.25, -0.2) is 0 Å². The minimum absolute atomic E-state index is 0.134. The molecule has 0 saturated carbocycles. The van der Waals surface area contributed by atoms with Crippen LogP contribution in [0.15, 0.2) is 35.0 Å². The van der Waals surface area contributed by atoms with E-state index >= 15 is 0 Å². The minimum Gasteiger partial charge on any atom is -0.487 e. The number of aryl methyl sites for hydroxylation is 2. The van der Waals surface area contributed by atoms with Crippen molar-refractivity contribution in [2.24, 2.45) is 0 Å². The first-order chi connectivity index (χ1) is 13.0. The Morgan fingerprint density at radius 1 is 1.33 bits per heavy atom. The number of halogens is 1. The first kappa shape index (κ1) is 19.0. The number of amides is 1. The van der Waals surface area contributed by atoms with E-state index in [2.05, 4.69) is 15.6 Å². The van der Waals surface area contributed by atoms with Gasteiger partial charge in [-0.3, -0.25) is 9.48 Å². The molecule has 0 aliphatic rings. The quantitative estimate of drug-likeness (QED) is 0.667. The summed E-state index contributed by atoms with van der Waals surface area (Å²) in [6, 6.07) is 7.15. The molecule has 0 bridgehead atoms. The molecule has 1 amide bonds. The van der Waals surface area contributed by atoms with Gasteiger partial charge in [0, 0.05) is 24.3 Å². The van der Waals surface area contributed by atoms with E-state index in [1.165, 1.54) is 0 Å². The third-order valence-electron chi connectivity index (χ3n) is 4.35. The maximum Gasteiger partial charge on any atom is 0.274 e. The molecule has 0 aliphatic carbocycles. The summed E-state index contributed by atoms with van der Waals surface area (Å²) < 4.78 is 12.8. The molecule has 2 aromatic heterocycles. The van der Waals surface area contributed by atoms with Crippen LogP contribution < -0.4 is 10.1 Å². The van der Waals surface area contributed by atoms with E-state index in [-0.39, 0.29) is 18.2 Å². The summed E-state index contributed by atoms with van der Waals surface area (Å²) in [5.41, 5.74) is 2.78. The molecule has 8 heteroatoms. The van der Waals surface area contributed by atoms with Crippen LogP contribution in [-0.2, 0) is 19.7 Å². The van der Waals surface area contributed by atoms with Gasteiger partial charge < -0.3 is 14.6 Å². The molecule has 0 spiro atoms. The number of rotatable bonds is 7. The van der Waals surface area contributed by atoms with Crippen molar-refractivity contribution in [2.75, 3.05) is 0 Å². The SMILES string of the molecule is CCn1ncc(CNC(=O)c2noc(C)c2COc2ccccc2Cl)c1C. The minimum atomic E-state index is -0.326. The fourth-order valence-electron chi connectivity index (χ4n) is 2.69. The standard InChI is InChI=1S/C19H21ClN4O3/c1-4-24-12(2)14(10-22-24)9-21-19(25)18-15(13(3)27-23-18)11-26-17-8-6-5-7-16(17)20/h5-8,10H,4,9,11H2,1-3H3,(H,21,25). The first-order valence-corrected chi connectivity index (χ1v) is 9.01. The van der Waals surface area contributed by atoms with Gasteiger partial charge in [0.05, 0.1) is 16.8 Å². The molecule has 3 aromatic rings. The zero-order chi connectivity index (χ0) is 19.4. The van der Waals surface area contributed by atoms with Crippen LogP contribution in [0.2, 0.25) is 5.02 Å². The summed E-state index contributed by atoms with van der Waals surface area (Å²) in [4.78, 5) is 12.6. The fourth-order valence-corrected chi connectivity index (χ4v) is 2.88. The molecule has 0 fully saturated rings. The second kappa shape index (κ2) is 8.26. The van der Waals surface area contributed by atoms with Crippen molar-refractivity contribution in [2.45, 2.75) is 40.5 Å². The summed E-state index contributed by atoms with van der Waals surface area (Å²) in [6.45, 7) is 7.01. The number of aromatic nitrogens is 3. The van der Waals surface area contributed by atoms with Crippen LogP contribution in [0, 0.1) is 13.8 Å².